The van der Waals surface area contributed by atoms with Crippen LogP contribution in [0, 0.1) is 18.6 Å². The molecule has 0 aliphatic heterocycles. The average Bonchev–Trinajstić information content (AvgIpc) is 2.79. The standard InChI is InChI=1S/C25H22F2N2O5S/c1-14(35(28,31)32)11-16-5-3-6-17(23(16)27)12-20-15(2)19-9-8-18(13-22(19)34-25(20)30)33-24-21(26)7-4-10-29-24/h3-10,13-14H,11-12H2,1-2H3,(H2,28,31,32). The molecule has 2 N–H and O–H groups in total. The zero-order chi connectivity index (χ0) is 25.3. The van der Waals surface area contributed by atoms with Gasteiger partial charge in [-0.25, -0.2) is 32.1 Å². The Balaban J connectivity index is 1.66. The van der Waals surface area contributed by atoms with E-state index in [-0.39, 0.29) is 46.7 Å². The summed E-state index contributed by atoms with van der Waals surface area (Å²) in [7, 11) is -3.82. The van der Waals surface area contributed by atoms with Gasteiger partial charge in [-0.15, -0.1) is 0 Å². The van der Waals surface area contributed by atoms with Crippen LogP contribution in [0.25, 0.3) is 11.0 Å². The van der Waals surface area contributed by atoms with Crippen LogP contribution in [0.4, 0.5) is 8.78 Å². The van der Waals surface area contributed by atoms with Gasteiger partial charge in [-0.1, -0.05) is 18.2 Å². The molecule has 4 rings (SSSR count). The summed E-state index contributed by atoms with van der Waals surface area (Å²) >= 11 is 0. The summed E-state index contributed by atoms with van der Waals surface area (Å²) < 4.78 is 63.0. The van der Waals surface area contributed by atoms with Crippen molar-refractivity contribution in [2.45, 2.75) is 31.9 Å². The van der Waals surface area contributed by atoms with Crippen molar-refractivity contribution >= 4 is 21.0 Å². The van der Waals surface area contributed by atoms with Gasteiger partial charge in [-0.2, -0.15) is 0 Å². The molecule has 2 aromatic heterocycles. The highest BCUT2D eigenvalue weighted by molar-refractivity contribution is 7.89. The van der Waals surface area contributed by atoms with E-state index in [9.17, 15) is 17.6 Å². The number of nitrogens with zero attached hydrogens (tertiary/aromatic N) is 1. The Labute approximate surface area is 200 Å². The summed E-state index contributed by atoms with van der Waals surface area (Å²) in [5.74, 6) is -1.21. The molecule has 7 nitrogen and oxygen atoms in total. The van der Waals surface area contributed by atoms with E-state index in [2.05, 4.69) is 4.98 Å². The topological polar surface area (TPSA) is 112 Å². The van der Waals surface area contributed by atoms with Gasteiger partial charge in [0, 0.05) is 29.6 Å². The number of hydrogen-bond donors (Lipinski definition) is 1. The maximum absolute atomic E-state index is 15.2. The van der Waals surface area contributed by atoms with Gasteiger partial charge in [-0.05, 0) is 61.2 Å². The molecular weight excluding hydrogens is 478 g/mol. The van der Waals surface area contributed by atoms with Gasteiger partial charge in [0.1, 0.15) is 17.1 Å². The van der Waals surface area contributed by atoms with Crippen LogP contribution in [0.2, 0.25) is 0 Å². The number of fused-ring (bicyclic) bond motifs is 1. The fraction of sp³-hybridized carbons (Fsp3) is 0.200. The van der Waals surface area contributed by atoms with Crippen LogP contribution in [0.15, 0.2) is 63.9 Å². The number of benzene rings is 2. The predicted molar refractivity (Wildman–Crippen MR) is 127 cm³/mol. The number of aryl methyl sites for hydroxylation is 1. The second kappa shape index (κ2) is 9.55. The first kappa shape index (κ1) is 24.5. The van der Waals surface area contributed by atoms with Crippen LogP contribution in [-0.2, 0) is 22.9 Å². The summed E-state index contributed by atoms with van der Waals surface area (Å²) in [4.78, 5) is 16.6. The molecule has 0 saturated carbocycles. The lowest BCUT2D eigenvalue weighted by atomic mass is 9.97. The lowest BCUT2D eigenvalue weighted by Gasteiger charge is -2.13. The molecule has 0 radical (unpaired) electrons. The minimum absolute atomic E-state index is 0.0507. The Morgan fingerprint density at radius 2 is 1.86 bits per heavy atom. The smallest absolute Gasteiger partial charge is 0.340 e. The highest BCUT2D eigenvalue weighted by atomic mass is 32.2. The van der Waals surface area contributed by atoms with Crippen LogP contribution in [-0.4, -0.2) is 18.7 Å². The fourth-order valence-corrected chi connectivity index (χ4v) is 4.16. The second-order valence-corrected chi connectivity index (χ2v) is 10.2. The van der Waals surface area contributed by atoms with Gasteiger partial charge in [-0.3, -0.25) is 0 Å². The second-order valence-electron chi connectivity index (χ2n) is 8.21. The van der Waals surface area contributed by atoms with Crippen molar-refractivity contribution in [3.8, 4) is 11.6 Å². The molecule has 182 valence electrons. The van der Waals surface area contributed by atoms with Crippen molar-refractivity contribution in [3.63, 3.8) is 0 Å². The van der Waals surface area contributed by atoms with Crippen molar-refractivity contribution in [3.05, 3.63) is 99.0 Å². The SMILES string of the molecule is Cc1c(Cc2cccc(CC(C)S(N)(=O)=O)c2F)c(=O)oc2cc(Oc3ncccc3F)ccc12. The third kappa shape index (κ3) is 5.23. The molecule has 0 fully saturated rings. The maximum atomic E-state index is 15.2. The number of ether oxygens (including phenoxy) is 1. The van der Waals surface area contributed by atoms with Crippen molar-refractivity contribution in [2.75, 3.05) is 0 Å². The molecule has 2 aromatic carbocycles. The lowest BCUT2D eigenvalue weighted by molar-refractivity contribution is 0.422. The summed E-state index contributed by atoms with van der Waals surface area (Å²) in [5.41, 5.74) is 0.840. The van der Waals surface area contributed by atoms with E-state index in [1.54, 1.807) is 25.1 Å². The van der Waals surface area contributed by atoms with E-state index >= 15 is 4.39 Å². The Hall–Kier alpha value is -3.63. The fourth-order valence-electron chi connectivity index (χ4n) is 3.74. The number of pyridine rings is 1. The summed E-state index contributed by atoms with van der Waals surface area (Å²) in [6.07, 6.45) is 1.24. The molecular formula is C25H22F2N2O5S. The molecule has 1 atom stereocenters. The lowest BCUT2D eigenvalue weighted by Crippen LogP contribution is -2.28. The number of hydrogen-bond acceptors (Lipinski definition) is 6. The minimum Gasteiger partial charge on any atom is -0.436 e. The van der Waals surface area contributed by atoms with E-state index in [0.717, 1.165) is 0 Å². The van der Waals surface area contributed by atoms with Crippen molar-refractivity contribution in [2.24, 2.45) is 5.14 Å². The molecule has 10 heteroatoms. The first-order chi connectivity index (χ1) is 16.5. The molecule has 0 spiro atoms. The zero-order valence-electron chi connectivity index (χ0n) is 18.9. The molecule has 4 aromatic rings. The van der Waals surface area contributed by atoms with E-state index < -0.39 is 32.5 Å². The van der Waals surface area contributed by atoms with Crippen molar-refractivity contribution < 1.29 is 26.4 Å². The van der Waals surface area contributed by atoms with Crippen LogP contribution in [0.1, 0.15) is 29.2 Å². The normalized spacial score (nSPS) is 12.6. The van der Waals surface area contributed by atoms with Crippen LogP contribution < -0.4 is 15.5 Å². The number of sulfonamides is 1. The third-order valence-corrected chi connectivity index (χ3v) is 7.08. The van der Waals surface area contributed by atoms with Gasteiger partial charge in [0.05, 0.1) is 5.25 Å². The molecule has 35 heavy (non-hydrogen) atoms. The Bertz CT molecular complexity index is 1590. The van der Waals surface area contributed by atoms with Gasteiger partial charge in [0.2, 0.25) is 10.0 Å². The highest BCUT2D eigenvalue weighted by Gasteiger charge is 2.21. The average molecular weight is 501 g/mol. The Kier molecular flexibility index (Phi) is 6.68. The van der Waals surface area contributed by atoms with Gasteiger partial charge in [0.25, 0.3) is 5.88 Å². The molecule has 1 unspecified atom stereocenters. The van der Waals surface area contributed by atoms with Gasteiger partial charge >= 0.3 is 5.63 Å². The molecule has 0 amide bonds. The Morgan fingerprint density at radius 1 is 1.11 bits per heavy atom. The van der Waals surface area contributed by atoms with Crippen LogP contribution in [0.5, 0.6) is 11.6 Å². The third-order valence-electron chi connectivity index (χ3n) is 5.79. The van der Waals surface area contributed by atoms with Crippen molar-refractivity contribution in [1.29, 1.82) is 0 Å². The quantitative estimate of drug-likeness (QED) is 0.377. The highest BCUT2D eigenvalue weighted by Crippen LogP contribution is 2.29. The maximum Gasteiger partial charge on any atom is 0.340 e. The number of nitrogens with two attached hydrogens (primary N) is 1. The van der Waals surface area contributed by atoms with E-state index in [4.69, 9.17) is 14.3 Å². The largest absolute Gasteiger partial charge is 0.436 e. The molecule has 2 heterocycles. The first-order valence-electron chi connectivity index (χ1n) is 10.7. The van der Waals surface area contributed by atoms with E-state index in [1.807, 2.05) is 0 Å². The van der Waals surface area contributed by atoms with E-state index in [1.165, 1.54) is 43.5 Å². The molecule has 0 aliphatic rings. The van der Waals surface area contributed by atoms with Gasteiger partial charge in [0.15, 0.2) is 5.82 Å². The minimum atomic E-state index is -3.82. The van der Waals surface area contributed by atoms with Crippen LogP contribution >= 0.6 is 0 Å². The molecule has 0 bridgehead atoms. The van der Waals surface area contributed by atoms with Crippen LogP contribution in [0.3, 0.4) is 0 Å². The number of rotatable bonds is 7. The monoisotopic (exact) mass is 500 g/mol. The zero-order valence-corrected chi connectivity index (χ0v) is 19.7. The summed E-state index contributed by atoms with van der Waals surface area (Å²) in [5, 5.41) is 4.80. The molecule has 0 aliphatic carbocycles. The van der Waals surface area contributed by atoms with Crippen molar-refractivity contribution in [1.82, 2.24) is 4.98 Å². The molecule has 0 saturated heterocycles. The summed E-state index contributed by atoms with van der Waals surface area (Å²) in [6, 6.07) is 12.0. The summed E-state index contributed by atoms with van der Waals surface area (Å²) in [6.45, 7) is 3.13. The first-order valence-corrected chi connectivity index (χ1v) is 12.3. The van der Waals surface area contributed by atoms with E-state index in [0.29, 0.717) is 10.9 Å². The van der Waals surface area contributed by atoms with Gasteiger partial charge < -0.3 is 9.15 Å². The Morgan fingerprint density at radius 3 is 2.57 bits per heavy atom. The number of aromatic nitrogens is 1. The number of primary sulfonamides is 1. The predicted octanol–water partition coefficient (Wildman–Crippen LogP) is 4.38. The number of halogens is 2.